The van der Waals surface area contributed by atoms with Crippen LogP contribution < -0.4 is 10.2 Å². The first-order valence-corrected chi connectivity index (χ1v) is 7.39. The van der Waals surface area contributed by atoms with Crippen molar-refractivity contribution in [1.29, 1.82) is 5.26 Å². The fourth-order valence-electron chi connectivity index (χ4n) is 2.41. The number of carbonyl (C=O) groups excluding carboxylic acids is 1. The highest BCUT2D eigenvalue weighted by molar-refractivity contribution is 9.10. The number of nitrogens with zero attached hydrogens (tertiary/aromatic N) is 2. The van der Waals surface area contributed by atoms with E-state index in [1.807, 2.05) is 29.2 Å². The van der Waals surface area contributed by atoms with Gasteiger partial charge in [-0.15, -0.1) is 0 Å². The SMILES string of the molecule is CC1(C)CNC(=O)C(CC#N)N(c2ccc(Br)cc2)C1. The van der Waals surface area contributed by atoms with Gasteiger partial charge in [0, 0.05) is 23.2 Å². The van der Waals surface area contributed by atoms with Gasteiger partial charge in [-0.2, -0.15) is 5.26 Å². The Hall–Kier alpha value is -1.54. The number of anilines is 1. The quantitative estimate of drug-likeness (QED) is 0.903. The van der Waals surface area contributed by atoms with E-state index in [0.29, 0.717) is 6.54 Å². The Balaban J connectivity index is 2.38. The minimum absolute atomic E-state index is 0.0348. The van der Waals surface area contributed by atoms with Crippen molar-refractivity contribution >= 4 is 27.5 Å². The lowest BCUT2D eigenvalue weighted by Crippen LogP contribution is -2.44. The second-order valence-corrected chi connectivity index (χ2v) is 6.78. The van der Waals surface area contributed by atoms with Crippen LogP contribution in [-0.2, 0) is 4.79 Å². The summed E-state index contributed by atoms with van der Waals surface area (Å²) < 4.78 is 0.997. The average molecular weight is 336 g/mol. The molecule has 0 spiro atoms. The van der Waals surface area contributed by atoms with Crippen molar-refractivity contribution < 1.29 is 4.79 Å². The summed E-state index contributed by atoms with van der Waals surface area (Å²) >= 11 is 3.41. The molecule has 1 N–H and O–H groups in total. The Bertz CT molecular complexity index is 533. The van der Waals surface area contributed by atoms with Crippen LogP contribution in [0.3, 0.4) is 0 Å². The van der Waals surface area contributed by atoms with E-state index in [1.165, 1.54) is 0 Å². The molecule has 0 aliphatic carbocycles. The number of hydrogen-bond donors (Lipinski definition) is 1. The molecular weight excluding hydrogens is 318 g/mol. The first-order valence-electron chi connectivity index (χ1n) is 6.60. The van der Waals surface area contributed by atoms with Crippen LogP contribution in [0.2, 0.25) is 0 Å². The highest BCUT2D eigenvalue weighted by Crippen LogP contribution is 2.28. The third kappa shape index (κ3) is 3.31. The molecule has 1 aromatic carbocycles. The van der Waals surface area contributed by atoms with Gasteiger partial charge in [-0.3, -0.25) is 4.79 Å². The van der Waals surface area contributed by atoms with Gasteiger partial charge >= 0.3 is 0 Å². The Labute approximate surface area is 127 Å². The van der Waals surface area contributed by atoms with Gasteiger partial charge in [0.2, 0.25) is 5.91 Å². The summed E-state index contributed by atoms with van der Waals surface area (Å²) in [5.41, 5.74) is 0.936. The summed E-state index contributed by atoms with van der Waals surface area (Å²) in [7, 11) is 0. The van der Waals surface area contributed by atoms with Crippen LogP contribution in [0.1, 0.15) is 20.3 Å². The van der Waals surface area contributed by atoms with Crippen molar-refractivity contribution in [1.82, 2.24) is 5.32 Å². The molecule has 1 aliphatic heterocycles. The zero-order valence-electron chi connectivity index (χ0n) is 11.7. The monoisotopic (exact) mass is 335 g/mol. The van der Waals surface area contributed by atoms with Crippen LogP contribution in [0.4, 0.5) is 5.69 Å². The van der Waals surface area contributed by atoms with Crippen LogP contribution in [0.15, 0.2) is 28.7 Å². The van der Waals surface area contributed by atoms with E-state index < -0.39 is 6.04 Å². The standard InChI is InChI=1S/C15H18BrN3O/c1-15(2)9-18-14(20)13(7-8-17)19(10-15)12-5-3-11(16)4-6-12/h3-6,13H,7,9-10H2,1-2H3,(H,18,20). The Morgan fingerprint density at radius 3 is 2.70 bits per heavy atom. The van der Waals surface area contributed by atoms with Crippen molar-refractivity contribution in [3.8, 4) is 6.07 Å². The maximum atomic E-state index is 12.2. The molecule has 0 saturated carbocycles. The molecule has 1 fully saturated rings. The highest BCUT2D eigenvalue weighted by atomic mass is 79.9. The number of hydrogen-bond acceptors (Lipinski definition) is 3. The van der Waals surface area contributed by atoms with Crippen LogP contribution in [0.25, 0.3) is 0 Å². The van der Waals surface area contributed by atoms with Crippen LogP contribution >= 0.6 is 15.9 Å². The lowest BCUT2D eigenvalue weighted by Gasteiger charge is -2.33. The molecule has 0 bridgehead atoms. The molecule has 5 heteroatoms. The van der Waals surface area contributed by atoms with Gasteiger partial charge in [-0.25, -0.2) is 0 Å². The Morgan fingerprint density at radius 2 is 2.10 bits per heavy atom. The average Bonchev–Trinajstić information content (AvgIpc) is 2.51. The second-order valence-electron chi connectivity index (χ2n) is 5.86. The Kier molecular flexibility index (Phi) is 4.34. The molecule has 1 saturated heterocycles. The topological polar surface area (TPSA) is 56.1 Å². The zero-order chi connectivity index (χ0) is 14.8. The maximum absolute atomic E-state index is 12.2. The number of amides is 1. The third-order valence-corrected chi connectivity index (χ3v) is 3.99. The number of nitrogens with one attached hydrogen (secondary N) is 1. The van der Waals surface area contributed by atoms with Crippen molar-refractivity contribution in [2.45, 2.75) is 26.3 Å². The van der Waals surface area contributed by atoms with Crippen LogP contribution in [-0.4, -0.2) is 25.0 Å². The second kappa shape index (κ2) is 5.84. The van der Waals surface area contributed by atoms with Gasteiger partial charge in [0.1, 0.15) is 6.04 Å². The Morgan fingerprint density at radius 1 is 1.45 bits per heavy atom. The van der Waals surface area contributed by atoms with E-state index in [-0.39, 0.29) is 17.7 Å². The van der Waals surface area contributed by atoms with E-state index >= 15 is 0 Å². The molecule has 1 aromatic rings. The number of halogens is 1. The van der Waals surface area contributed by atoms with Crippen LogP contribution in [0.5, 0.6) is 0 Å². The molecule has 0 aromatic heterocycles. The van der Waals surface area contributed by atoms with Crippen molar-refractivity contribution in [2.75, 3.05) is 18.0 Å². The smallest absolute Gasteiger partial charge is 0.243 e. The summed E-state index contributed by atoms with van der Waals surface area (Å²) in [6, 6.07) is 9.55. The molecule has 0 radical (unpaired) electrons. The van der Waals surface area contributed by atoms with Gasteiger partial charge in [0.25, 0.3) is 0 Å². The minimum Gasteiger partial charge on any atom is -0.358 e. The molecule has 1 unspecified atom stereocenters. The summed E-state index contributed by atoms with van der Waals surface area (Å²) in [4.78, 5) is 14.3. The number of carbonyl (C=O) groups is 1. The van der Waals surface area contributed by atoms with Crippen molar-refractivity contribution in [3.05, 3.63) is 28.7 Å². The molecule has 1 aliphatic rings. The fourth-order valence-corrected chi connectivity index (χ4v) is 2.67. The van der Waals surface area contributed by atoms with E-state index in [0.717, 1.165) is 16.7 Å². The number of rotatable bonds is 2. The largest absolute Gasteiger partial charge is 0.358 e. The predicted molar refractivity (Wildman–Crippen MR) is 82.3 cm³/mol. The molecule has 1 atom stereocenters. The summed E-state index contributed by atoms with van der Waals surface area (Å²) in [5.74, 6) is -0.0694. The van der Waals surface area contributed by atoms with Crippen molar-refractivity contribution in [3.63, 3.8) is 0 Å². The van der Waals surface area contributed by atoms with Gasteiger partial charge in [0.05, 0.1) is 12.5 Å². The van der Waals surface area contributed by atoms with Gasteiger partial charge in [0.15, 0.2) is 0 Å². The predicted octanol–water partition coefficient (Wildman–Crippen LogP) is 2.69. The van der Waals surface area contributed by atoms with Crippen LogP contribution in [0, 0.1) is 16.7 Å². The summed E-state index contributed by atoms with van der Waals surface area (Å²) in [5, 5.41) is 11.9. The lowest BCUT2D eigenvalue weighted by molar-refractivity contribution is -0.122. The number of benzene rings is 1. The van der Waals surface area contributed by atoms with E-state index in [4.69, 9.17) is 5.26 Å². The molecule has 2 rings (SSSR count). The van der Waals surface area contributed by atoms with E-state index in [2.05, 4.69) is 41.2 Å². The van der Waals surface area contributed by atoms with Gasteiger partial charge in [-0.05, 0) is 29.7 Å². The molecule has 20 heavy (non-hydrogen) atoms. The molecular formula is C15H18BrN3O. The molecule has 1 heterocycles. The third-order valence-electron chi connectivity index (χ3n) is 3.46. The normalized spacial score (nSPS) is 21.8. The fraction of sp³-hybridized carbons (Fsp3) is 0.467. The van der Waals surface area contributed by atoms with E-state index in [1.54, 1.807) is 0 Å². The zero-order valence-corrected chi connectivity index (χ0v) is 13.3. The summed E-state index contributed by atoms with van der Waals surface area (Å²) in [6.45, 7) is 5.60. The molecule has 106 valence electrons. The van der Waals surface area contributed by atoms with Gasteiger partial charge < -0.3 is 10.2 Å². The van der Waals surface area contributed by atoms with E-state index in [9.17, 15) is 4.79 Å². The lowest BCUT2D eigenvalue weighted by atomic mass is 9.92. The minimum atomic E-state index is -0.428. The number of nitriles is 1. The first-order chi connectivity index (χ1) is 9.43. The summed E-state index contributed by atoms with van der Waals surface area (Å²) in [6.07, 6.45) is 0.192. The highest BCUT2D eigenvalue weighted by Gasteiger charge is 2.35. The maximum Gasteiger partial charge on any atom is 0.243 e. The van der Waals surface area contributed by atoms with Crippen molar-refractivity contribution in [2.24, 2.45) is 5.41 Å². The molecule has 1 amide bonds. The molecule has 4 nitrogen and oxygen atoms in total. The van der Waals surface area contributed by atoms with Gasteiger partial charge in [-0.1, -0.05) is 29.8 Å². The first kappa shape index (κ1) is 14.9.